The van der Waals surface area contributed by atoms with Crippen LogP contribution < -0.4 is 20.7 Å². The smallest absolute Gasteiger partial charge is 0.322 e. The summed E-state index contributed by atoms with van der Waals surface area (Å²) in [5.41, 5.74) is -0.765. The van der Waals surface area contributed by atoms with Gasteiger partial charge in [-0.05, 0) is 38.3 Å². The van der Waals surface area contributed by atoms with Gasteiger partial charge in [-0.3, -0.25) is 10.1 Å². The fourth-order valence-electron chi connectivity index (χ4n) is 4.07. The second-order valence-electron chi connectivity index (χ2n) is 8.07. The summed E-state index contributed by atoms with van der Waals surface area (Å²) in [6.07, 6.45) is 1.72. The van der Waals surface area contributed by atoms with Gasteiger partial charge >= 0.3 is 12.1 Å². The van der Waals surface area contributed by atoms with Crippen LogP contribution in [0.25, 0.3) is 0 Å². The van der Waals surface area contributed by atoms with Crippen LogP contribution >= 0.6 is 0 Å². The molecule has 2 aliphatic heterocycles. The Hall–Kier alpha value is -3.69. The molecule has 0 radical (unpaired) electrons. The topological polar surface area (TPSA) is 99.8 Å². The Morgan fingerprint density at radius 2 is 1.94 bits per heavy atom. The van der Waals surface area contributed by atoms with Crippen LogP contribution in [0, 0.1) is 11.6 Å². The van der Waals surface area contributed by atoms with E-state index in [0.717, 1.165) is 24.6 Å². The maximum Gasteiger partial charge on any atom is 0.322 e. The Labute approximate surface area is 182 Å². The van der Waals surface area contributed by atoms with Gasteiger partial charge in [0.05, 0.1) is 5.69 Å². The molecule has 0 bridgehead atoms. The van der Waals surface area contributed by atoms with Crippen LogP contribution in [-0.4, -0.2) is 41.0 Å². The van der Waals surface area contributed by atoms with Gasteiger partial charge in [0.15, 0.2) is 5.75 Å². The van der Waals surface area contributed by atoms with Crippen molar-refractivity contribution in [2.24, 2.45) is 0 Å². The van der Waals surface area contributed by atoms with E-state index < -0.39 is 35.1 Å². The van der Waals surface area contributed by atoms with Gasteiger partial charge in [0.25, 0.3) is 5.91 Å². The maximum absolute atomic E-state index is 13.5. The second kappa shape index (κ2) is 8.45. The second-order valence-corrected chi connectivity index (χ2v) is 8.07. The Bertz CT molecular complexity index is 1060. The van der Waals surface area contributed by atoms with Gasteiger partial charge in [0.2, 0.25) is 0 Å². The summed E-state index contributed by atoms with van der Waals surface area (Å²) in [5, 5.41) is 7.62. The average molecular weight is 444 g/mol. The molecule has 2 unspecified atom stereocenters. The van der Waals surface area contributed by atoms with Crippen LogP contribution in [0.15, 0.2) is 42.5 Å². The van der Waals surface area contributed by atoms with Gasteiger partial charge in [-0.1, -0.05) is 12.1 Å². The lowest BCUT2D eigenvalue weighted by Crippen LogP contribution is -2.50. The molecule has 2 atom stereocenters. The van der Waals surface area contributed by atoms with Crippen molar-refractivity contribution in [3.8, 4) is 11.5 Å². The van der Waals surface area contributed by atoms with E-state index in [-0.39, 0.29) is 24.0 Å². The lowest BCUT2D eigenvalue weighted by atomic mass is 9.92. The molecule has 168 valence electrons. The first-order valence-electron chi connectivity index (χ1n) is 10.2. The molecule has 0 aromatic heterocycles. The molecule has 2 fully saturated rings. The summed E-state index contributed by atoms with van der Waals surface area (Å²) in [4.78, 5) is 38.3. The average Bonchev–Trinajstić information content (AvgIpc) is 3.26. The van der Waals surface area contributed by atoms with Crippen molar-refractivity contribution in [3.63, 3.8) is 0 Å². The fourth-order valence-corrected chi connectivity index (χ4v) is 4.07. The molecular formula is C22H22F2N4O4. The predicted octanol–water partition coefficient (Wildman–Crippen LogP) is 3.74. The van der Waals surface area contributed by atoms with Crippen molar-refractivity contribution >= 4 is 23.7 Å². The van der Waals surface area contributed by atoms with E-state index in [1.807, 2.05) is 0 Å². The highest BCUT2D eigenvalue weighted by atomic mass is 19.1. The monoisotopic (exact) mass is 444 g/mol. The Morgan fingerprint density at radius 3 is 2.62 bits per heavy atom. The molecule has 0 saturated carbocycles. The van der Waals surface area contributed by atoms with E-state index in [9.17, 15) is 23.2 Å². The van der Waals surface area contributed by atoms with Crippen molar-refractivity contribution in [2.75, 3.05) is 11.9 Å². The summed E-state index contributed by atoms with van der Waals surface area (Å²) in [7, 11) is 0. The largest absolute Gasteiger partial charge is 0.455 e. The molecule has 8 nitrogen and oxygen atoms in total. The molecule has 3 N–H and O–H groups in total. The van der Waals surface area contributed by atoms with Gasteiger partial charge in [-0.2, -0.15) is 0 Å². The van der Waals surface area contributed by atoms with Crippen molar-refractivity contribution in [3.05, 3.63) is 54.1 Å². The number of amides is 5. The minimum absolute atomic E-state index is 0.0424. The number of carbonyl (C=O) groups excluding carboxylic acids is 3. The summed E-state index contributed by atoms with van der Waals surface area (Å²) >= 11 is 0. The number of hydrogen-bond donors (Lipinski definition) is 3. The number of rotatable bonds is 5. The highest BCUT2D eigenvalue weighted by Crippen LogP contribution is 2.32. The van der Waals surface area contributed by atoms with Crippen LogP contribution in [0.3, 0.4) is 0 Å². The number of benzene rings is 2. The summed E-state index contributed by atoms with van der Waals surface area (Å²) in [6, 6.07) is 8.15. The first-order chi connectivity index (χ1) is 15.2. The Balaban J connectivity index is 1.48. The molecule has 2 aliphatic rings. The number of anilines is 1. The summed E-state index contributed by atoms with van der Waals surface area (Å²) < 4.78 is 32.6. The number of imide groups is 1. The van der Waals surface area contributed by atoms with Crippen molar-refractivity contribution in [2.45, 2.75) is 37.8 Å². The van der Waals surface area contributed by atoms with Crippen LogP contribution in [-0.2, 0) is 4.79 Å². The zero-order valence-electron chi connectivity index (χ0n) is 17.3. The van der Waals surface area contributed by atoms with Crippen LogP contribution in [0.2, 0.25) is 0 Å². The van der Waals surface area contributed by atoms with Gasteiger partial charge in [0.1, 0.15) is 22.9 Å². The number of likely N-dealkylation sites (tertiary alicyclic amines) is 1. The van der Waals surface area contributed by atoms with Crippen molar-refractivity contribution in [1.82, 2.24) is 15.5 Å². The minimum atomic E-state index is -1.09. The van der Waals surface area contributed by atoms with E-state index in [2.05, 4.69) is 16.0 Å². The first kappa shape index (κ1) is 21.5. The normalized spacial score (nSPS) is 22.5. The van der Waals surface area contributed by atoms with E-state index in [4.69, 9.17) is 4.74 Å². The van der Waals surface area contributed by atoms with E-state index in [0.29, 0.717) is 18.7 Å². The molecule has 32 heavy (non-hydrogen) atoms. The first-order valence-corrected chi connectivity index (χ1v) is 10.2. The third-order valence-corrected chi connectivity index (χ3v) is 5.59. The zero-order valence-corrected chi connectivity index (χ0v) is 17.3. The molecule has 2 heterocycles. The third-order valence-electron chi connectivity index (χ3n) is 5.59. The standard InChI is InChI=1S/C22H22F2N4O4/c1-22(19(29)26-20(30)27-22)12-15-5-4-8-28(15)21(31)25-17-6-2-3-7-18(17)32-16-10-13(23)9-14(24)11-16/h2-3,6-7,9-11,15H,4-5,8,12H2,1H3,(H,25,31)(H2,26,27,29,30). The summed E-state index contributed by atoms with van der Waals surface area (Å²) in [6.45, 7) is 2.11. The molecule has 4 rings (SSSR count). The number of carbonyl (C=O) groups is 3. The van der Waals surface area contributed by atoms with Crippen LogP contribution in [0.4, 0.5) is 24.1 Å². The van der Waals surface area contributed by atoms with Gasteiger partial charge in [-0.25, -0.2) is 18.4 Å². The van der Waals surface area contributed by atoms with Gasteiger partial charge in [-0.15, -0.1) is 0 Å². The molecule has 2 aromatic rings. The summed E-state index contributed by atoms with van der Waals surface area (Å²) in [5.74, 6) is -1.80. The van der Waals surface area contributed by atoms with Crippen LogP contribution in [0.1, 0.15) is 26.2 Å². The number of halogens is 2. The molecule has 2 aromatic carbocycles. The highest BCUT2D eigenvalue weighted by molar-refractivity contribution is 6.06. The van der Waals surface area contributed by atoms with E-state index >= 15 is 0 Å². The number of nitrogens with zero attached hydrogens (tertiary/aromatic N) is 1. The maximum atomic E-state index is 13.5. The molecule has 0 spiro atoms. The number of hydrogen-bond acceptors (Lipinski definition) is 4. The number of ether oxygens (including phenoxy) is 1. The van der Waals surface area contributed by atoms with Gasteiger partial charge < -0.3 is 20.3 Å². The highest BCUT2D eigenvalue weighted by Gasteiger charge is 2.45. The molecular weight excluding hydrogens is 422 g/mol. The van der Waals surface area contributed by atoms with E-state index in [1.165, 1.54) is 0 Å². The SMILES string of the molecule is CC1(CC2CCCN2C(=O)Nc2ccccc2Oc2cc(F)cc(F)c2)NC(=O)NC1=O. The number of para-hydroxylation sites is 2. The third kappa shape index (κ3) is 4.48. The van der Waals surface area contributed by atoms with Crippen molar-refractivity contribution < 1.29 is 27.9 Å². The van der Waals surface area contributed by atoms with Crippen molar-refractivity contribution in [1.29, 1.82) is 0 Å². The quantitative estimate of drug-likeness (QED) is 0.612. The Kier molecular flexibility index (Phi) is 5.68. The van der Waals surface area contributed by atoms with Gasteiger partial charge in [0, 0.05) is 30.8 Å². The minimum Gasteiger partial charge on any atom is -0.455 e. The van der Waals surface area contributed by atoms with E-state index in [1.54, 1.807) is 36.1 Å². The lowest BCUT2D eigenvalue weighted by Gasteiger charge is -2.31. The zero-order chi connectivity index (χ0) is 22.9. The molecule has 10 heteroatoms. The molecule has 2 saturated heterocycles. The Morgan fingerprint density at radius 1 is 1.22 bits per heavy atom. The number of urea groups is 2. The lowest BCUT2D eigenvalue weighted by molar-refractivity contribution is -0.124. The molecule has 0 aliphatic carbocycles. The fraction of sp³-hybridized carbons (Fsp3) is 0.318. The molecule has 5 amide bonds. The van der Waals surface area contributed by atoms with Crippen LogP contribution in [0.5, 0.6) is 11.5 Å². The number of nitrogens with one attached hydrogen (secondary N) is 3. The predicted molar refractivity (Wildman–Crippen MR) is 111 cm³/mol.